The van der Waals surface area contributed by atoms with Crippen molar-refractivity contribution >= 4 is 5.96 Å². The van der Waals surface area contributed by atoms with E-state index >= 15 is 0 Å². The number of aliphatic imine (C=N–C) groups is 1. The molecule has 1 aliphatic rings. The van der Waals surface area contributed by atoms with Crippen molar-refractivity contribution in [3.8, 4) is 0 Å². The first-order valence-corrected chi connectivity index (χ1v) is 11.3. The molecule has 0 spiro atoms. The lowest BCUT2D eigenvalue weighted by molar-refractivity contribution is 0.0341. The zero-order chi connectivity index (χ0) is 21.6. The van der Waals surface area contributed by atoms with E-state index in [9.17, 15) is 0 Å². The van der Waals surface area contributed by atoms with Crippen LogP contribution < -0.4 is 10.6 Å². The summed E-state index contributed by atoms with van der Waals surface area (Å²) in [4.78, 5) is 7.31. The SMILES string of the molecule is CCOCCCNC(=NCc1ccccc1CN1CCOCC1)NCCc1ccco1. The number of rotatable bonds is 12. The number of guanidine groups is 1. The summed E-state index contributed by atoms with van der Waals surface area (Å²) in [5, 5.41) is 6.86. The fourth-order valence-electron chi connectivity index (χ4n) is 3.49. The Morgan fingerprint density at radius 1 is 1.06 bits per heavy atom. The summed E-state index contributed by atoms with van der Waals surface area (Å²) in [5.41, 5.74) is 2.59. The van der Waals surface area contributed by atoms with E-state index in [1.165, 1.54) is 11.1 Å². The number of nitrogens with one attached hydrogen (secondary N) is 2. The second-order valence-electron chi connectivity index (χ2n) is 7.56. The van der Waals surface area contributed by atoms with Gasteiger partial charge in [-0.05, 0) is 36.6 Å². The smallest absolute Gasteiger partial charge is 0.191 e. The molecule has 31 heavy (non-hydrogen) atoms. The van der Waals surface area contributed by atoms with Gasteiger partial charge in [-0.3, -0.25) is 4.90 Å². The normalized spacial score (nSPS) is 15.2. The van der Waals surface area contributed by atoms with Gasteiger partial charge in [-0.25, -0.2) is 4.99 Å². The maximum absolute atomic E-state index is 5.48. The van der Waals surface area contributed by atoms with Crippen LogP contribution in [0.1, 0.15) is 30.2 Å². The van der Waals surface area contributed by atoms with Gasteiger partial charge in [0.25, 0.3) is 0 Å². The minimum absolute atomic E-state index is 0.641. The summed E-state index contributed by atoms with van der Waals surface area (Å²) in [6, 6.07) is 12.5. The van der Waals surface area contributed by atoms with Crippen LogP contribution in [0.5, 0.6) is 0 Å². The Labute approximate surface area is 185 Å². The summed E-state index contributed by atoms with van der Waals surface area (Å²) >= 11 is 0. The van der Waals surface area contributed by atoms with Crippen molar-refractivity contribution in [2.45, 2.75) is 32.9 Å². The molecule has 2 heterocycles. The Bertz CT molecular complexity index is 758. The number of benzene rings is 1. The lowest BCUT2D eigenvalue weighted by Crippen LogP contribution is -2.39. The highest BCUT2D eigenvalue weighted by atomic mass is 16.5. The van der Waals surface area contributed by atoms with E-state index in [0.29, 0.717) is 6.54 Å². The quantitative estimate of drug-likeness (QED) is 0.308. The third kappa shape index (κ3) is 8.73. The molecule has 0 amide bonds. The number of hydrogen-bond donors (Lipinski definition) is 2. The van der Waals surface area contributed by atoms with Gasteiger partial charge in [0, 0.05) is 52.4 Å². The second kappa shape index (κ2) is 13.9. The number of morpholine rings is 1. The number of ether oxygens (including phenoxy) is 2. The van der Waals surface area contributed by atoms with Crippen molar-refractivity contribution in [2.75, 3.05) is 52.6 Å². The molecule has 0 saturated carbocycles. The highest BCUT2D eigenvalue weighted by Gasteiger charge is 2.12. The molecule has 3 rings (SSSR count). The summed E-state index contributed by atoms with van der Waals surface area (Å²) in [6.07, 6.45) is 3.47. The Hall–Kier alpha value is -2.35. The number of nitrogens with zero attached hydrogens (tertiary/aromatic N) is 2. The zero-order valence-corrected chi connectivity index (χ0v) is 18.6. The molecular weight excluding hydrogens is 392 g/mol. The molecule has 0 unspecified atom stereocenters. The molecule has 1 saturated heterocycles. The van der Waals surface area contributed by atoms with E-state index < -0.39 is 0 Å². The molecule has 1 aromatic carbocycles. The molecule has 7 heteroatoms. The fourth-order valence-corrected chi connectivity index (χ4v) is 3.49. The van der Waals surface area contributed by atoms with Gasteiger partial charge >= 0.3 is 0 Å². The van der Waals surface area contributed by atoms with Gasteiger partial charge in [0.2, 0.25) is 0 Å². The highest BCUT2D eigenvalue weighted by Crippen LogP contribution is 2.14. The summed E-state index contributed by atoms with van der Waals surface area (Å²) in [6.45, 7) is 10.3. The third-order valence-electron chi connectivity index (χ3n) is 5.23. The van der Waals surface area contributed by atoms with Crippen LogP contribution in [0.25, 0.3) is 0 Å². The van der Waals surface area contributed by atoms with E-state index in [0.717, 1.165) is 83.7 Å². The zero-order valence-electron chi connectivity index (χ0n) is 18.6. The van der Waals surface area contributed by atoms with Crippen LogP contribution in [0, 0.1) is 0 Å². The van der Waals surface area contributed by atoms with Gasteiger partial charge in [0.15, 0.2) is 5.96 Å². The average Bonchev–Trinajstić information content (AvgIpc) is 3.32. The summed E-state index contributed by atoms with van der Waals surface area (Å²) in [5.74, 6) is 1.79. The Balaban J connectivity index is 1.57. The van der Waals surface area contributed by atoms with Gasteiger partial charge in [-0.15, -0.1) is 0 Å². The molecule has 1 aromatic heterocycles. The maximum Gasteiger partial charge on any atom is 0.191 e. The van der Waals surface area contributed by atoms with E-state index in [-0.39, 0.29) is 0 Å². The van der Waals surface area contributed by atoms with Crippen LogP contribution in [0.2, 0.25) is 0 Å². The van der Waals surface area contributed by atoms with Crippen molar-refractivity contribution in [3.63, 3.8) is 0 Å². The van der Waals surface area contributed by atoms with Gasteiger partial charge in [-0.2, -0.15) is 0 Å². The first kappa shape index (κ1) is 23.3. The molecule has 2 aromatic rings. The summed E-state index contributed by atoms with van der Waals surface area (Å²) < 4.78 is 16.3. The standard InChI is InChI=1S/C24H36N4O3/c1-2-29-15-6-11-25-24(26-12-10-23-9-5-16-31-23)27-19-21-7-3-4-8-22(21)20-28-13-17-30-18-14-28/h3-5,7-9,16H,2,6,10-15,17-20H2,1H3,(H2,25,26,27). The van der Waals surface area contributed by atoms with Crippen molar-refractivity contribution in [1.29, 1.82) is 0 Å². The fraction of sp³-hybridized carbons (Fsp3) is 0.542. The molecule has 170 valence electrons. The second-order valence-corrected chi connectivity index (χ2v) is 7.56. The van der Waals surface area contributed by atoms with Crippen molar-refractivity contribution in [3.05, 3.63) is 59.5 Å². The van der Waals surface area contributed by atoms with Crippen LogP contribution in [-0.2, 0) is 29.0 Å². The van der Waals surface area contributed by atoms with E-state index in [4.69, 9.17) is 18.9 Å². The molecule has 0 bridgehead atoms. The predicted molar refractivity (Wildman–Crippen MR) is 123 cm³/mol. The van der Waals surface area contributed by atoms with Crippen LogP contribution in [0.3, 0.4) is 0 Å². The molecular formula is C24H36N4O3. The predicted octanol–water partition coefficient (Wildman–Crippen LogP) is 2.82. The molecule has 0 aliphatic carbocycles. The topological polar surface area (TPSA) is 71.3 Å². The lowest BCUT2D eigenvalue weighted by Gasteiger charge is -2.27. The van der Waals surface area contributed by atoms with E-state index in [1.807, 2.05) is 19.1 Å². The van der Waals surface area contributed by atoms with E-state index in [2.05, 4.69) is 39.8 Å². The van der Waals surface area contributed by atoms with Crippen LogP contribution in [0.15, 0.2) is 52.1 Å². The summed E-state index contributed by atoms with van der Waals surface area (Å²) in [7, 11) is 0. The van der Waals surface area contributed by atoms with Gasteiger partial charge in [0.05, 0.1) is 26.0 Å². The third-order valence-corrected chi connectivity index (χ3v) is 5.23. The molecule has 2 N–H and O–H groups in total. The van der Waals surface area contributed by atoms with Crippen molar-refractivity contribution in [1.82, 2.24) is 15.5 Å². The highest BCUT2D eigenvalue weighted by molar-refractivity contribution is 5.79. The molecule has 0 radical (unpaired) electrons. The Morgan fingerprint density at radius 2 is 1.87 bits per heavy atom. The first-order chi connectivity index (χ1) is 15.3. The van der Waals surface area contributed by atoms with E-state index in [1.54, 1.807) is 6.26 Å². The average molecular weight is 429 g/mol. The van der Waals surface area contributed by atoms with Crippen LogP contribution in [-0.4, -0.2) is 63.5 Å². The largest absolute Gasteiger partial charge is 0.469 e. The Kier molecular flexibility index (Phi) is 10.4. The minimum atomic E-state index is 0.641. The molecule has 0 atom stereocenters. The Morgan fingerprint density at radius 3 is 2.65 bits per heavy atom. The van der Waals surface area contributed by atoms with Crippen LogP contribution in [0.4, 0.5) is 0 Å². The number of hydrogen-bond acceptors (Lipinski definition) is 5. The van der Waals surface area contributed by atoms with Gasteiger partial charge < -0.3 is 24.5 Å². The van der Waals surface area contributed by atoms with Crippen molar-refractivity contribution in [2.24, 2.45) is 4.99 Å². The minimum Gasteiger partial charge on any atom is -0.469 e. The first-order valence-electron chi connectivity index (χ1n) is 11.3. The van der Waals surface area contributed by atoms with Crippen LogP contribution >= 0.6 is 0 Å². The van der Waals surface area contributed by atoms with Crippen molar-refractivity contribution < 1.29 is 13.9 Å². The van der Waals surface area contributed by atoms with Gasteiger partial charge in [-0.1, -0.05) is 24.3 Å². The molecule has 1 fully saturated rings. The molecule has 1 aliphatic heterocycles. The maximum atomic E-state index is 5.48. The number of furan rings is 1. The molecule has 7 nitrogen and oxygen atoms in total. The lowest BCUT2D eigenvalue weighted by atomic mass is 10.1. The van der Waals surface area contributed by atoms with Gasteiger partial charge in [0.1, 0.15) is 5.76 Å². The monoisotopic (exact) mass is 428 g/mol.